The standard InChI is InChI=1S/C20H20IN3/c1-14-5-7-15(8-6-14)19-18-4-2-3-13-22-20(18)24(23-19)17-11-9-16(21)10-12-17/h5-12,22H,2-4,13H2,1H3. The molecule has 2 heterocycles. The zero-order chi connectivity index (χ0) is 16.5. The molecule has 4 rings (SSSR count). The molecular weight excluding hydrogens is 409 g/mol. The molecule has 24 heavy (non-hydrogen) atoms. The molecule has 1 aliphatic heterocycles. The molecule has 1 aromatic heterocycles. The van der Waals surface area contributed by atoms with Crippen LogP contribution in [0.5, 0.6) is 0 Å². The highest BCUT2D eigenvalue weighted by atomic mass is 127. The molecule has 2 aromatic carbocycles. The Balaban J connectivity index is 1.88. The van der Waals surface area contributed by atoms with Crippen molar-refractivity contribution in [3.05, 3.63) is 63.2 Å². The number of benzene rings is 2. The third-order valence-corrected chi connectivity index (χ3v) is 5.24. The van der Waals surface area contributed by atoms with Gasteiger partial charge in [0, 0.05) is 21.2 Å². The normalized spacial score (nSPS) is 13.9. The molecule has 0 radical (unpaired) electrons. The summed E-state index contributed by atoms with van der Waals surface area (Å²) in [4.78, 5) is 0. The van der Waals surface area contributed by atoms with Crippen LogP contribution in [-0.4, -0.2) is 16.3 Å². The van der Waals surface area contributed by atoms with Crippen LogP contribution in [0.25, 0.3) is 16.9 Å². The van der Waals surface area contributed by atoms with Crippen molar-refractivity contribution >= 4 is 28.4 Å². The zero-order valence-corrected chi connectivity index (χ0v) is 15.9. The van der Waals surface area contributed by atoms with Gasteiger partial charge < -0.3 is 5.32 Å². The third kappa shape index (κ3) is 2.95. The molecule has 1 aliphatic rings. The fraction of sp³-hybridized carbons (Fsp3) is 0.250. The van der Waals surface area contributed by atoms with Crippen molar-refractivity contribution in [3.8, 4) is 16.9 Å². The summed E-state index contributed by atoms with van der Waals surface area (Å²) in [6.45, 7) is 3.13. The number of aromatic nitrogens is 2. The molecule has 3 nitrogen and oxygen atoms in total. The van der Waals surface area contributed by atoms with Crippen molar-refractivity contribution in [3.63, 3.8) is 0 Å². The van der Waals surface area contributed by atoms with Crippen LogP contribution in [0.15, 0.2) is 48.5 Å². The van der Waals surface area contributed by atoms with Crippen molar-refractivity contribution in [1.82, 2.24) is 9.78 Å². The minimum Gasteiger partial charge on any atom is -0.370 e. The molecule has 4 heteroatoms. The third-order valence-electron chi connectivity index (χ3n) is 4.53. The molecule has 0 unspecified atom stereocenters. The number of nitrogens with zero attached hydrogens (tertiary/aromatic N) is 2. The number of hydrogen-bond donors (Lipinski definition) is 1. The Morgan fingerprint density at radius 3 is 2.50 bits per heavy atom. The molecule has 0 saturated carbocycles. The average molecular weight is 429 g/mol. The van der Waals surface area contributed by atoms with Crippen LogP contribution in [-0.2, 0) is 6.42 Å². The van der Waals surface area contributed by atoms with E-state index in [0.29, 0.717) is 0 Å². The number of nitrogens with one attached hydrogen (secondary N) is 1. The lowest BCUT2D eigenvalue weighted by Crippen LogP contribution is -2.07. The maximum atomic E-state index is 4.99. The van der Waals surface area contributed by atoms with E-state index in [0.717, 1.165) is 30.2 Å². The first-order valence-electron chi connectivity index (χ1n) is 8.41. The Labute approximate surface area is 156 Å². The first-order valence-corrected chi connectivity index (χ1v) is 9.49. The minimum atomic E-state index is 1.01. The quantitative estimate of drug-likeness (QED) is 0.568. The number of fused-ring (bicyclic) bond motifs is 1. The van der Waals surface area contributed by atoms with E-state index in [1.165, 1.54) is 33.1 Å². The van der Waals surface area contributed by atoms with E-state index in [1.807, 2.05) is 0 Å². The van der Waals surface area contributed by atoms with Gasteiger partial charge in [0.2, 0.25) is 0 Å². The molecule has 0 bridgehead atoms. The number of hydrogen-bond acceptors (Lipinski definition) is 2. The van der Waals surface area contributed by atoms with Gasteiger partial charge in [-0.2, -0.15) is 5.10 Å². The Kier molecular flexibility index (Phi) is 4.31. The predicted molar refractivity (Wildman–Crippen MR) is 108 cm³/mol. The summed E-state index contributed by atoms with van der Waals surface area (Å²) < 4.78 is 3.31. The Hall–Kier alpha value is -1.82. The fourth-order valence-electron chi connectivity index (χ4n) is 3.21. The van der Waals surface area contributed by atoms with E-state index in [1.54, 1.807) is 0 Å². The van der Waals surface area contributed by atoms with Gasteiger partial charge in [0.1, 0.15) is 5.82 Å². The highest BCUT2D eigenvalue weighted by molar-refractivity contribution is 14.1. The molecule has 0 aliphatic carbocycles. The summed E-state index contributed by atoms with van der Waals surface area (Å²) in [5.74, 6) is 1.16. The van der Waals surface area contributed by atoms with Gasteiger partial charge in [0.25, 0.3) is 0 Å². The van der Waals surface area contributed by atoms with Gasteiger partial charge in [0.05, 0.1) is 11.4 Å². The topological polar surface area (TPSA) is 29.9 Å². The van der Waals surface area contributed by atoms with Gasteiger partial charge in [-0.3, -0.25) is 0 Å². The van der Waals surface area contributed by atoms with Crippen molar-refractivity contribution < 1.29 is 0 Å². The van der Waals surface area contributed by atoms with E-state index < -0.39 is 0 Å². The van der Waals surface area contributed by atoms with Gasteiger partial charge in [-0.25, -0.2) is 4.68 Å². The molecule has 0 saturated heterocycles. The summed E-state index contributed by atoms with van der Waals surface area (Å²) in [5, 5.41) is 8.59. The van der Waals surface area contributed by atoms with Gasteiger partial charge in [-0.05, 0) is 73.0 Å². The molecule has 0 fully saturated rings. The molecule has 1 N–H and O–H groups in total. The molecular formula is C20H20IN3. The highest BCUT2D eigenvalue weighted by Crippen LogP contribution is 2.34. The van der Waals surface area contributed by atoms with E-state index in [2.05, 4.69) is 88.0 Å². The molecule has 0 spiro atoms. The van der Waals surface area contributed by atoms with Crippen LogP contribution < -0.4 is 5.32 Å². The lowest BCUT2D eigenvalue weighted by Gasteiger charge is -2.09. The Morgan fingerprint density at radius 2 is 1.75 bits per heavy atom. The second kappa shape index (κ2) is 6.59. The molecule has 0 atom stereocenters. The monoisotopic (exact) mass is 429 g/mol. The number of aryl methyl sites for hydroxylation is 1. The van der Waals surface area contributed by atoms with Crippen molar-refractivity contribution in [2.45, 2.75) is 26.2 Å². The van der Waals surface area contributed by atoms with Crippen LogP contribution in [0, 0.1) is 10.5 Å². The van der Waals surface area contributed by atoms with E-state index >= 15 is 0 Å². The Bertz CT molecular complexity index is 778. The first kappa shape index (κ1) is 15.7. The fourth-order valence-corrected chi connectivity index (χ4v) is 3.57. The average Bonchev–Trinajstić information content (AvgIpc) is 2.78. The highest BCUT2D eigenvalue weighted by Gasteiger charge is 2.21. The smallest absolute Gasteiger partial charge is 0.133 e. The lowest BCUT2D eigenvalue weighted by atomic mass is 10.0. The maximum absolute atomic E-state index is 4.99. The van der Waals surface area contributed by atoms with Gasteiger partial charge in [-0.15, -0.1) is 0 Å². The zero-order valence-electron chi connectivity index (χ0n) is 13.7. The first-order chi connectivity index (χ1) is 11.7. The van der Waals surface area contributed by atoms with Crippen LogP contribution in [0.3, 0.4) is 0 Å². The summed E-state index contributed by atoms with van der Waals surface area (Å²) in [6.07, 6.45) is 3.49. The van der Waals surface area contributed by atoms with E-state index in [-0.39, 0.29) is 0 Å². The summed E-state index contributed by atoms with van der Waals surface area (Å²) >= 11 is 2.34. The van der Waals surface area contributed by atoms with Crippen LogP contribution >= 0.6 is 22.6 Å². The van der Waals surface area contributed by atoms with Crippen LogP contribution in [0.2, 0.25) is 0 Å². The SMILES string of the molecule is Cc1ccc(-c2nn(-c3ccc(I)cc3)c3c2CCCCN3)cc1. The second-order valence-corrected chi connectivity index (χ2v) is 7.56. The molecule has 122 valence electrons. The number of rotatable bonds is 2. The van der Waals surface area contributed by atoms with Gasteiger partial charge in [0.15, 0.2) is 0 Å². The van der Waals surface area contributed by atoms with Gasteiger partial charge >= 0.3 is 0 Å². The van der Waals surface area contributed by atoms with Crippen LogP contribution in [0.1, 0.15) is 24.0 Å². The maximum Gasteiger partial charge on any atom is 0.133 e. The minimum absolute atomic E-state index is 1.01. The summed E-state index contributed by atoms with van der Waals surface area (Å²) in [7, 11) is 0. The van der Waals surface area contributed by atoms with Crippen molar-refractivity contribution in [2.75, 3.05) is 11.9 Å². The number of halogens is 1. The van der Waals surface area contributed by atoms with Crippen LogP contribution in [0.4, 0.5) is 5.82 Å². The largest absolute Gasteiger partial charge is 0.370 e. The lowest BCUT2D eigenvalue weighted by molar-refractivity contribution is 0.780. The summed E-state index contributed by atoms with van der Waals surface area (Å²) in [5.41, 5.74) is 6.04. The summed E-state index contributed by atoms with van der Waals surface area (Å²) in [6, 6.07) is 17.2. The van der Waals surface area contributed by atoms with Gasteiger partial charge in [-0.1, -0.05) is 29.8 Å². The second-order valence-electron chi connectivity index (χ2n) is 6.31. The van der Waals surface area contributed by atoms with E-state index in [4.69, 9.17) is 5.10 Å². The molecule has 3 aromatic rings. The number of anilines is 1. The van der Waals surface area contributed by atoms with Crippen molar-refractivity contribution in [1.29, 1.82) is 0 Å². The Morgan fingerprint density at radius 1 is 1.00 bits per heavy atom. The van der Waals surface area contributed by atoms with E-state index in [9.17, 15) is 0 Å². The predicted octanol–water partition coefficient (Wildman–Crippen LogP) is 5.20. The molecule has 0 amide bonds. The van der Waals surface area contributed by atoms with Crippen molar-refractivity contribution in [2.24, 2.45) is 0 Å².